The first-order valence-electron chi connectivity index (χ1n) is 7.75. The van der Waals surface area contributed by atoms with Crippen LogP contribution in [0.5, 0.6) is 0 Å². The third-order valence-electron chi connectivity index (χ3n) is 4.69. The molecule has 2 aliphatic rings. The first kappa shape index (κ1) is 12.9. The van der Waals surface area contributed by atoms with E-state index in [9.17, 15) is 0 Å². The summed E-state index contributed by atoms with van der Waals surface area (Å²) in [6, 6.07) is 0.256. The van der Waals surface area contributed by atoms with Gasteiger partial charge in [0.05, 0.1) is 6.33 Å². The molecule has 2 saturated carbocycles. The summed E-state index contributed by atoms with van der Waals surface area (Å²) in [6.07, 6.45) is 17.7. The van der Waals surface area contributed by atoms with Gasteiger partial charge in [0, 0.05) is 23.9 Å². The molecule has 1 aromatic rings. The van der Waals surface area contributed by atoms with Crippen LogP contribution < -0.4 is 5.73 Å². The van der Waals surface area contributed by atoms with E-state index in [1.54, 1.807) is 6.33 Å². The van der Waals surface area contributed by atoms with E-state index in [0.29, 0.717) is 11.8 Å². The van der Waals surface area contributed by atoms with Gasteiger partial charge in [-0.2, -0.15) is 0 Å². The highest BCUT2D eigenvalue weighted by atomic mass is 14.9. The van der Waals surface area contributed by atoms with E-state index in [0.717, 1.165) is 5.92 Å². The summed E-state index contributed by atoms with van der Waals surface area (Å²) < 4.78 is 0. The minimum absolute atomic E-state index is 0.256. The Hall–Kier alpha value is -1.09. The second kappa shape index (κ2) is 5.91. The van der Waals surface area contributed by atoms with Crippen LogP contribution in [-0.4, -0.2) is 16.0 Å². The number of aromatic nitrogens is 2. The molecule has 2 fully saturated rings. The molecule has 0 aromatic carbocycles. The van der Waals surface area contributed by atoms with Gasteiger partial charge in [-0.15, -0.1) is 0 Å². The summed E-state index contributed by atoms with van der Waals surface area (Å²) in [5, 5.41) is 0. The van der Waals surface area contributed by atoms with Crippen molar-refractivity contribution in [2.45, 2.75) is 56.9 Å². The van der Waals surface area contributed by atoms with Gasteiger partial charge in [-0.1, -0.05) is 44.3 Å². The largest absolute Gasteiger partial charge is 0.348 e. The third-order valence-corrected chi connectivity index (χ3v) is 4.69. The quantitative estimate of drug-likeness (QED) is 0.797. The SMILES string of the molecule is N[C@H](/C=C/[C@@H]1C[C@H]1c1cnc[nH]1)CC1CCCCC1. The van der Waals surface area contributed by atoms with Crippen LogP contribution in [0, 0.1) is 11.8 Å². The predicted octanol–water partition coefficient (Wildman–Crippen LogP) is 3.37. The molecule has 0 radical (unpaired) electrons. The number of nitrogens with two attached hydrogens (primary N) is 1. The Morgan fingerprint density at radius 1 is 1.37 bits per heavy atom. The van der Waals surface area contributed by atoms with E-state index in [1.165, 1.54) is 50.6 Å². The van der Waals surface area contributed by atoms with Gasteiger partial charge in [0.2, 0.25) is 0 Å². The van der Waals surface area contributed by atoms with Gasteiger partial charge >= 0.3 is 0 Å². The summed E-state index contributed by atoms with van der Waals surface area (Å²) in [6.45, 7) is 0. The Morgan fingerprint density at radius 2 is 2.21 bits per heavy atom. The van der Waals surface area contributed by atoms with E-state index in [4.69, 9.17) is 5.73 Å². The highest BCUT2D eigenvalue weighted by Gasteiger charge is 2.37. The van der Waals surface area contributed by atoms with Crippen LogP contribution in [-0.2, 0) is 0 Å². The summed E-state index contributed by atoms with van der Waals surface area (Å²) in [4.78, 5) is 7.29. The zero-order valence-corrected chi connectivity index (χ0v) is 11.6. The minimum atomic E-state index is 0.256. The van der Waals surface area contributed by atoms with E-state index in [1.807, 2.05) is 6.20 Å². The Labute approximate surface area is 115 Å². The second-order valence-electron chi connectivity index (χ2n) is 6.30. The fraction of sp³-hybridized carbons (Fsp3) is 0.688. The topological polar surface area (TPSA) is 54.7 Å². The van der Waals surface area contributed by atoms with Gasteiger partial charge in [0.25, 0.3) is 0 Å². The van der Waals surface area contributed by atoms with Crippen molar-refractivity contribution >= 4 is 0 Å². The lowest BCUT2D eigenvalue weighted by Crippen LogP contribution is -2.22. The van der Waals surface area contributed by atoms with Crippen LogP contribution in [0.25, 0.3) is 0 Å². The molecule has 104 valence electrons. The molecule has 0 saturated heterocycles. The van der Waals surface area contributed by atoms with Crippen LogP contribution in [0.3, 0.4) is 0 Å². The molecule has 3 N–H and O–H groups in total. The number of H-pyrrole nitrogens is 1. The van der Waals surface area contributed by atoms with Gasteiger partial charge in [0.15, 0.2) is 0 Å². The van der Waals surface area contributed by atoms with E-state index >= 15 is 0 Å². The summed E-state index contributed by atoms with van der Waals surface area (Å²) >= 11 is 0. The molecular weight excluding hydrogens is 234 g/mol. The highest BCUT2D eigenvalue weighted by molar-refractivity contribution is 5.20. The van der Waals surface area contributed by atoms with Gasteiger partial charge in [-0.05, 0) is 24.7 Å². The molecule has 3 atom stereocenters. The Kier molecular flexibility index (Phi) is 4.02. The molecule has 1 heterocycles. The normalized spacial score (nSPS) is 29.7. The zero-order valence-electron chi connectivity index (χ0n) is 11.6. The first-order chi connectivity index (χ1) is 9.33. The number of aromatic amines is 1. The lowest BCUT2D eigenvalue weighted by molar-refractivity contribution is 0.329. The van der Waals surface area contributed by atoms with Crippen molar-refractivity contribution in [2.75, 3.05) is 0 Å². The fourth-order valence-electron chi connectivity index (χ4n) is 3.43. The molecule has 3 rings (SSSR count). The number of hydrogen-bond donors (Lipinski definition) is 2. The van der Waals surface area contributed by atoms with Crippen molar-refractivity contribution in [3.8, 4) is 0 Å². The maximum absolute atomic E-state index is 6.24. The molecule has 2 aliphatic carbocycles. The number of nitrogens with zero attached hydrogens (tertiary/aromatic N) is 1. The van der Waals surface area contributed by atoms with Gasteiger partial charge in [-0.25, -0.2) is 4.98 Å². The van der Waals surface area contributed by atoms with Crippen LogP contribution in [0.1, 0.15) is 56.6 Å². The Balaban J connectivity index is 1.42. The van der Waals surface area contributed by atoms with Gasteiger partial charge in [0.1, 0.15) is 0 Å². The third kappa shape index (κ3) is 3.47. The lowest BCUT2D eigenvalue weighted by atomic mass is 9.85. The van der Waals surface area contributed by atoms with Crippen LogP contribution in [0.2, 0.25) is 0 Å². The molecule has 0 amide bonds. The van der Waals surface area contributed by atoms with E-state index < -0.39 is 0 Å². The Bertz CT molecular complexity index is 404. The average molecular weight is 259 g/mol. The number of rotatable bonds is 5. The zero-order chi connectivity index (χ0) is 13.1. The predicted molar refractivity (Wildman–Crippen MR) is 77.7 cm³/mol. The molecule has 3 heteroatoms. The van der Waals surface area contributed by atoms with Crippen molar-refractivity contribution in [1.29, 1.82) is 0 Å². The van der Waals surface area contributed by atoms with Gasteiger partial charge < -0.3 is 10.7 Å². The molecule has 3 nitrogen and oxygen atoms in total. The smallest absolute Gasteiger partial charge is 0.0921 e. The molecule has 1 aromatic heterocycles. The molecule has 0 aliphatic heterocycles. The molecule has 19 heavy (non-hydrogen) atoms. The monoisotopic (exact) mass is 259 g/mol. The summed E-state index contributed by atoms with van der Waals surface area (Å²) in [7, 11) is 0. The maximum atomic E-state index is 6.24. The number of imidazole rings is 1. The standard InChI is InChI=1S/C16H25N3/c17-14(8-12-4-2-1-3-5-12)7-6-13-9-15(13)16-10-18-11-19-16/h6-7,10-15H,1-5,8-9,17H2,(H,18,19)/b7-6+/t13-,14-,15-/m1/s1. The second-order valence-corrected chi connectivity index (χ2v) is 6.30. The first-order valence-corrected chi connectivity index (χ1v) is 7.75. The Morgan fingerprint density at radius 3 is 2.95 bits per heavy atom. The van der Waals surface area contributed by atoms with Crippen molar-refractivity contribution in [3.63, 3.8) is 0 Å². The fourth-order valence-corrected chi connectivity index (χ4v) is 3.43. The molecular formula is C16H25N3. The lowest BCUT2D eigenvalue weighted by Gasteiger charge is -2.23. The number of nitrogens with one attached hydrogen (secondary N) is 1. The number of allylic oxidation sites excluding steroid dienone is 1. The van der Waals surface area contributed by atoms with Gasteiger partial charge in [-0.3, -0.25) is 0 Å². The maximum Gasteiger partial charge on any atom is 0.0921 e. The van der Waals surface area contributed by atoms with Crippen molar-refractivity contribution in [1.82, 2.24) is 9.97 Å². The minimum Gasteiger partial charge on any atom is -0.348 e. The highest BCUT2D eigenvalue weighted by Crippen LogP contribution is 2.47. The van der Waals surface area contributed by atoms with Crippen LogP contribution in [0.4, 0.5) is 0 Å². The van der Waals surface area contributed by atoms with E-state index in [2.05, 4.69) is 22.1 Å². The average Bonchev–Trinajstić information content (AvgIpc) is 3.00. The van der Waals surface area contributed by atoms with Crippen LogP contribution in [0.15, 0.2) is 24.7 Å². The summed E-state index contributed by atoms with van der Waals surface area (Å²) in [5.41, 5.74) is 7.51. The molecule has 0 spiro atoms. The number of hydrogen-bond acceptors (Lipinski definition) is 2. The van der Waals surface area contributed by atoms with Crippen LogP contribution >= 0.6 is 0 Å². The van der Waals surface area contributed by atoms with Crippen molar-refractivity contribution in [3.05, 3.63) is 30.4 Å². The van der Waals surface area contributed by atoms with Crippen molar-refractivity contribution in [2.24, 2.45) is 17.6 Å². The molecule has 0 unspecified atom stereocenters. The summed E-state index contributed by atoms with van der Waals surface area (Å²) in [5.74, 6) is 2.20. The molecule has 0 bridgehead atoms. The van der Waals surface area contributed by atoms with E-state index in [-0.39, 0.29) is 6.04 Å². The van der Waals surface area contributed by atoms with Crippen molar-refractivity contribution < 1.29 is 0 Å².